The molecule has 0 bridgehead atoms. The second-order valence-corrected chi connectivity index (χ2v) is 8.45. The van der Waals surface area contributed by atoms with Crippen molar-refractivity contribution in [2.45, 2.75) is 38.3 Å². The van der Waals surface area contributed by atoms with E-state index in [4.69, 9.17) is 4.74 Å². The maximum Gasteiger partial charge on any atom is 0.270 e. The van der Waals surface area contributed by atoms with Crippen LogP contribution in [-0.2, 0) is 13.6 Å². The molecule has 0 N–H and O–H groups in total. The van der Waals surface area contributed by atoms with Gasteiger partial charge in [0.15, 0.2) is 0 Å². The molecule has 2 fully saturated rings. The van der Waals surface area contributed by atoms with Gasteiger partial charge in [0.05, 0.1) is 10.9 Å². The van der Waals surface area contributed by atoms with Crippen LogP contribution in [0, 0.1) is 0 Å². The van der Waals surface area contributed by atoms with Gasteiger partial charge in [-0.2, -0.15) is 5.10 Å². The van der Waals surface area contributed by atoms with Crippen LogP contribution < -0.4 is 15.2 Å². The molecule has 0 spiro atoms. The number of aromatic nitrogens is 4. The van der Waals surface area contributed by atoms with Crippen molar-refractivity contribution in [2.75, 3.05) is 31.1 Å². The highest BCUT2D eigenvalue weighted by molar-refractivity contribution is 5.86. The Labute approximate surface area is 181 Å². The Morgan fingerprint density at radius 3 is 2.68 bits per heavy atom. The minimum Gasteiger partial charge on any atom is -0.474 e. The van der Waals surface area contributed by atoms with Crippen molar-refractivity contribution in [3.8, 4) is 5.88 Å². The van der Waals surface area contributed by atoms with Crippen molar-refractivity contribution in [3.63, 3.8) is 0 Å². The molecular formula is C23H28N6O2. The fourth-order valence-corrected chi connectivity index (χ4v) is 4.56. The zero-order chi connectivity index (χ0) is 21.2. The van der Waals surface area contributed by atoms with E-state index >= 15 is 0 Å². The summed E-state index contributed by atoms with van der Waals surface area (Å²) in [7, 11) is 1.69. The van der Waals surface area contributed by atoms with Crippen molar-refractivity contribution in [3.05, 3.63) is 52.7 Å². The topological polar surface area (TPSA) is 76.4 Å². The van der Waals surface area contributed by atoms with E-state index < -0.39 is 0 Å². The van der Waals surface area contributed by atoms with Gasteiger partial charge in [0.2, 0.25) is 5.88 Å². The molecule has 8 heteroatoms. The zero-order valence-electron chi connectivity index (χ0n) is 17.9. The molecule has 3 heterocycles. The fraction of sp³-hybridized carbons (Fsp3) is 0.478. The van der Waals surface area contributed by atoms with E-state index in [9.17, 15) is 4.79 Å². The molecule has 2 aliphatic rings. The molecule has 1 saturated carbocycles. The van der Waals surface area contributed by atoms with Gasteiger partial charge < -0.3 is 9.64 Å². The third-order valence-electron chi connectivity index (χ3n) is 6.38. The summed E-state index contributed by atoms with van der Waals surface area (Å²) in [5.74, 6) is 0.700. The molecule has 5 rings (SSSR count). The molecule has 162 valence electrons. The Kier molecular flexibility index (Phi) is 5.55. The number of benzene rings is 1. The Bertz CT molecular complexity index is 1120. The summed E-state index contributed by atoms with van der Waals surface area (Å²) in [5, 5.41) is 4.99. The summed E-state index contributed by atoms with van der Waals surface area (Å²) < 4.78 is 7.62. The van der Waals surface area contributed by atoms with E-state index in [2.05, 4.69) is 43.1 Å². The Morgan fingerprint density at radius 1 is 1.06 bits per heavy atom. The Morgan fingerprint density at radius 2 is 1.87 bits per heavy atom. The molecule has 8 nitrogen and oxygen atoms in total. The number of aryl methyl sites for hydroxylation is 1. The van der Waals surface area contributed by atoms with Crippen molar-refractivity contribution < 1.29 is 4.74 Å². The second-order valence-electron chi connectivity index (χ2n) is 8.45. The minimum atomic E-state index is -0.0192. The first-order valence-electron chi connectivity index (χ1n) is 11.1. The van der Waals surface area contributed by atoms with Crippen molar-refractivity contribution in [1.82, 2.24) is 24.6 Å². The molecule has 2 aromatic heterocycles. The average molecular weight is 421 g/mol. The van der Waals surface area contributed by atoms with Gasteiger partial charge in [-0.1, -0.05) is 0 Å². The molecule has 31 heavy (non-hydrogen) atoms. The van der Waals surface area contributed by atoms with Crippen LogP contribution in [0.1, 0.15) is 31.2 Å². The quantitative estimate of drug-likeness (QED) is 0.627. The first-order valence-corrected chi connectivity index (χ1v) is 11.1. The van der Waals surface area contributed by atoms with Crippen LogP contribution >= 0.6 is 0 Å². The van der Waals surface area contributed by atoms with Crippen LogP contribution in [-0.4, -0.2) is 56.9 Å². The average Bonchev–Trinajstić information content (AvgIpc) is 3.31. The number of anilines is 1. The maximum atomic E-state index is 12.2. The SMILES string of the molecule is Cn1nccc(CN2CCN(c3ccc4ncnc(OC5CCCC5)c4c3)CC2)c1=O. The predicted octanol–water partition coefficient (Wildman–Crippen LogP) is 2.37. The zero-order valence-corrected chi connectivity index (χ0v) is 17.9. The number of piperazine rings is 1. The third-order valence-corrected chi connectivity index (χ3v) is 6.38. The van der Waals surface area contributed by atoms with Crippen LogP contribution in [0.25, 0.3) is 10.9 Å². The van der Waals surface area contributed by atoms with Crippen LogP contribution in [0.5, 0.6) is 5.88 Å². The second kappa shape index (κ2) is 8.63. The monoisotopic (exact) mass is 420 g/mol. The molecule has 1 aliphatic carbocycles. The van der Waals surface area contributed by atoms with E-state index in [0.717, 1.165) is 61.2 Å². The highest BCUT2D eigenvalue weighted by atomic mass is 16.5. The molecule has 0 amide bonds. The highest BCUT2D eigenvalue weighted by Crippen LogP contribution is 2.30. The molecule has 3 aromatic rings. The van der Waals surface area contributed by atoms with E-state index in [0.29, 0.717) is 12.4 Å². The molecule has 0 unspecified atom stereocenters. The van der Waals surface area contributed by atoms with Crippen LogP contribution in [0.15, 0.2) is 41.6 Å². The van der Waals surface area contributed by atoms with Gasteiger partial charge in [-0.25, -0.2) is 14.6 Å². The lowest BCUT2D eigenvalue weighted by Crippen LogP contribution is -2.46. The van der Waals surface area contributed by atoms with Crippen LogP contribution in [0.4, 0.5) is 5.69 Å². The molecule has 1 saturated heterocycles. The number of hydrogen-bond donors (Lipinski definition) is 0. The summed E-state index contributed by atoms with van der Waals surface area (Å²) in [4.78, 5) is 25.8. The fourth-order valence-electron chi connectivity index (χ4n) is 4.56. The van der Waals surface area contributed by atoms with Gasteiger partial charge in [-0.05, 0) is 49.9 Å². The first kappa shape index (κ1) is 19.9. The van der Waals surface area contributed by atoms with Crippen molar-refractivity contribution in [1.29, 1.82) is 0 Å². The van der Waals surface area contributed by atoms with E-state index in [1.165, 1.54) is 17.5 Å². The standard InChI is InChI=1S/C23H28N6O2/c1-27-23(30)17(8-9-26-27)15-28-10-12-29(13-11-28)18-6-7-21-20(14-18)22(25-16-24-21)31-19-4-2-3-5-19/h6-9,14,16,19H,2-5,10-13,15H2,1H3. The van der Waals surface area contributed by atoms with Crippen LogP contribution in [0.2, 0.25) is 0 Å². The van der Waals surface area contributed by atoms with E-state index in [1.807, 2.05) is 6.07 Å². The Balaban J connectivity index is 1.29. The summed E-state index contributed by atoms with van der Waals surface area (Å²) in [6.07, 6.45) is 8.22. The third kappa shape index (κ3) is 4.25. The lowest BCUT2D eigenvalue weighted by atomic mass is 10.1. The normalized spacial score (nSPS) is 18.0. The molecule has 0 radical (unpaired) electrons. The summed E-state index contributed by atoms with van der Waals surface area (Å²) >= 11 is 0. The van der Waals surface area contributed by atoms with E-state index in [-0.39, 0.29) is 11.7 Å². The van der Waals surface area contributed by atoms with E-state index in [1.54, 1.807) is 19.6 Å². The van der Waals surface area contributed by atoms with Crippen LogP contribution in [0.3, 0.4) is 0 Å². The number of hydrogen-bond acceptors (Lipinski definition) is 7. The summed E-state index contributed by atoms with van der Waals surface area (Å²) in [5.41, 5.74) is 2.86. The van der Waals surface area contributed by atoms with Gasteiger partial charge in [-0.3, -0.25) is 9.69 Å². The van der Waals surface area contributed by atoms with Gasteiger partial charge in [-0.15, -0.1) is 0 Å². The maximum absolute atomic E-state index is 12.2. The summed E-state index contributed by atoms with van der Waals surface area (Å²) in [6, 6.07) is 8.17. The number of rotatable bonds is 5. The molecular weight excluding hydrogens is 392 g/mol. The largest absolute Gasteiger partial charge is 0.474 e. The lowest BCUT2D eigenvalue weighted by Gasteiger charge is -2.36. The van der Waals surface area contributed by atoms with Gasteiger partial charge >= 0.3 is 0 Å². The number of fused-ring (bicyclic) bond motifs is 1. The Hall–Kier alpha value is -3.00. The van der Waals surface area contributed by atoms with Gasteiger partial charge in [0, 0.05) is 57.2 Å². The van der Waals surface area contributed by atoms with Crippen molar-refractivity contribution in [2.24, 2.45) is 7.05 Å². The summed E-state index contributed by atoms with van der Waals surface area (Å²) in [6.45, 7) is 4.28. The number of ether oxygens (including phenoxy) is 1. The lowest BCUT2D eigenvalue weighted by molar-refractivity contribution is 0.204. The molecule has 0 atom stereocenters. The van der Waals surface area contributed by atoms with Crippen molar-refractivity contribution >= 4 is 16.6 Å². The first-order chi connectivity index (χ1) is 15.2. The molecule has 1 aliphatic heterocycles. The predicted molar refractivity (Wildman–Crippen MR) is 119 cm³/mol. The minimum absolute atomic E-state index is 0.0192. The smallest absolute Gasteiger partial charge is 0.270 e. The molecule has 1 aromatic carbocycles. The van der Waals surface area contributed by atoms with Gasteiger partial charge in [0.1, 0.15) is 12.4 Å². The highest BCUT2D eigenvalue weighted by Gasteiger charge is 2.21. The van der Waals surface area contributed by atoms with Gasteiger partial charge in [0.25, 0.3) is 5.56 Å². The number of nitrogens with zero attached hydrogens (tertiary/aromatic N) is 6.